The number of carboxylic acids is 1. The van der Waals surface area contributed by atoms with Crippen molar-refractivity contribution in [2.45, 2.75) is 12.8 Å². The molecular formula is C14H11ClO3. The maximum absolute atomic E-state index is 12.0. The molecule has 1 N–H and O–H groups in total. The fourth-order valence-electron chi connectivity index (χ4n) is 1.86. The number of rotatable bonds is 4. The maximum atomic E-state index is 12.0. The molecule has 0 saturated carbocycles. The van der Waals surface area contributed by atoms with Crippen molar-refractivity contribution in [2.75, 3.05) is 0 Å². The molecule has 18 heavy (non-hydrogen) atoms. The number of fused-ring (bicyclic) bond motifs is 1. The number of aliphatic carboxylic acids is 1. The molecule has 92 valence electrons. The number of benzene rings is 2. The van der Waals surface area contributed by atoms with Crippen LogP contribution in [-0.4, -0.2) is 16.9 Å². The second-order valence-corrected chi connectivity index (χ2v) is 4.36. The van der Waals surface area contributed by atoms with Gasteiger partial charge in [0.1, 0.15) is 0 Å². The van der Waals surface area contributed by atoms with E-state index in [1.54, 1.807) is 12.1 Å². The van der Waals surface area contributed by atoms with Gasteiger partial charge in [-0.05, 0) is 17.5 Å². The van der Waals surface area contributed by atoms with Crippen molar-refractivity contribution in [1.82, 2.24) is 0 Å². The van der Waals surface area contributed by atoms with Crippen LogP contribution in [0.3, 0.4) is 0 Å². The third-order valence-corrected chi connectivity index (χ3v) is 3.07. The van der Waals surface area contributed by atoms with Gasteiger partial charge in [-0.25, -0.2) is 0 Å². The van der Waals surface area contributed by atoms with Gasteiger partial charge in [0, 0.05) is 22.4 Å². The fraction of sp³-hybridized carbons (Fsp3) is 0.143. The Morgan fingerprint density at radius 1 is 1.00 bits per heavy atom. The molecule has 0 aliphatic heterocycles. The Balaban J connectivity index is 2.42. The number of hydrogen-bond donors (Lipinski definition) is 1. The Kier molecular flexibility index (Phi) is 3.63. The van der Waals surface area contributed by atoms with E-state index in [0.29, 0.717) is 10.6 Å². The zero-order valence-electron chi connectivity index (χ0n) is 9.52. The first-order valence-electron chi connectivity index (χ1n) is 5.52. The van der Waals surface area contributed by atoms with E-state index in [1.165, 1.54) is 0 Å². The predicted molar refractivity (Wildman–Crippen MR) is 70.2 cm³/mol. The first kappa shape index (κ1) is 12.6. The molecule has 0 saturated heterocycles. The van der Waals surface area contributed by atoms with Gasteiger partial charge >= 0.3 is 5.97 Å². The Labute approximate surface area is 109 Å². The molecular weight excluding hydrogens is 252 g/mol. The minimum Gasteiger partial charge on any atom is -0.481 e. The molecule has 0 bridgehead atoms. The van der Waals surface area contributed by atoms with Crippen LogP contribution >= 0.6 is 11.6 Å². The monoisotopic (exact) mass is 262 g/mol. The maximum Gasteiger partial charge on any atom is 0.303 e. The molecule has 3 nitrogen and oxygen atoms in total. The van der Waals surface area contributed by atoms with Gasteiger partial charge in [-0.15, -0.1) is 0 Å². The third-order valence-electron chi connectivity index (χ3n) is 2.74. The Morgan fingerprint density at radius 3 is 2.33 bits per heavy atom. The summed E-state index contributed by atoms with van der Waals surface area (Å²) in [6.45, 7) is 0. The summed E-state index contributed by atoms with van der Waals surface area (Å²) in [5.74, 6) is -1.15. The summed E-state index contributed by atoms with van der Waals surface area (Å²) < 4.78 is 0. The van der Waals surface area contributed by atoms with E-state index in [2.05, 4.69) is 0 Å². The van der Waals surface area contributed by atoms with Gasteiger partial charge in [0.05, 0.1) is 6.42 Å². The van der Waals surface area contributed by atoms with Crippen molar-refractivity contribution in [2.24, 2.45) is 0 Å². The van der Waals surface area contributed by atoms with E-state index in [0.717, 1.165) is 10.8 Å². The van der Waals surface area contributed by atoms with Crippen LogP contribution in [0.2, 0.25) is 5.02 Å². The van der Waals surface area contributed by atoms with E-state index < -0.39 is 5.97 Å². The predicted octanol–water partition coefficient (Wildman–Crippen LogP) is 3.54. The molecule has 0 aliphatic carbocycles. The Bertz CT molecular complexity index is 619. The lowest BCUT2D eigenvalue weighted by Crippen LogP contribution is -2.04. The van der Waals surface area contributed by atoms with Crippen LogP contribution in [0.4, 0.5) is 0 Å². The first-order chi connectivity index (χ1) is 8.59. The van der Waals surface area contributed by atoms with Crippen molar-refractivity contribution >= 4 is 34.1 Å². The average Bonchev–Trinajstić information content (AvgIpc) is 2.37. The van der Waals surface area contributed by atoms with Gasteiger partial charge in [0.15, 0.2) is 5.78 Å². The molecule has 0 radical (unpaired) electrons. The van der Waals surface area contributed by atoms with Crippen molar-refractivity contribution in [3.63, 3.8) is 0 Å². The van der Waals surface area contributed by atoms with E-state index in [4.69, 9.17) is 16.7 Å². The fourth-order valence-corrected chi connectivity index (χ4v) is 2.09. The molecule has 4 heteroatoms. The highest BCUT2D eigenvalue weighted by Crippen LogP contribution is 2.27. The highest BCUT2D eigenvalue weighted by molar-refractivity contribution is 6.36. The van der Waals surface area contributed by atoms with Crippen LogP contribution in [0, 0.1) is 0 Å². The quantitative estimate of drug-likeness (QED) is 0.858. The summed E-state index contributed by atoms with van der Waals surface area (Å²) in [7, 11) is 0. The van der Waals surface area contributed by atoms with Crippen molar-refractivity contribution in [3.05, 3.63) is 47.0 Å². The second-order valence-electron chi connectivity index (χ2n) is 3.96. The van der Waals surface area contributed by atoms with Gasteiger partial charge in [0.25, 0.3) is 0 Å². The van der Waals surface area contributed by atoms with Crippen molar-refractivity contribution < 1.29 is 14.7 Å². The Morgan fingerprint density at radius 2 is 1.67 bits per heavy atom. The molecule has 2 aromatic rings. The van der Waals surface area contributed by atoms with Gasteiger partial charge < -0.3 is 5.11 Å². The lowest BCUT2D eigenvalue weighted by atomic mass is 9.99. The Hall–Kier alpha value is -1.87. The number of hydrogen-bond acceptors (Lipinski definition) is 2. The molecule has 0 atom stereocenters. The molecule has 0 aliphatic rings. The molecule has 0 fully saturated rings. The van der Waals surface area contributed by atoms with Crippen LogP contribution in [-0.2, 0) is 4.79 Å². The van der Waals surface area contributed by atoms with Crippen LogP contribution in [0.1, 0.15) is 23.2 Å². The van der Waals surface area contributed by atoms with E-state index in [-0.39, 0.29) is 18.6 Å². The van der Waals surface area contributed by atoms with E-state index in [1.807, 2.05) is 24.3 Å². The molecule has 0 heterocycles. The lowest BCUT2D eigenvalue weighted by Gasteiger charge is -2.06. The summed E-state index contributed by atoms with van der Waals surface area (Å²) in [4.78, 5) is 22.4. The summed E-state index contributed by atoms with van der Waals surface area (Å²) in [6.07, 6.45) is -0.156. The zero-order valence-corrected chi connectivity index (χ0v) is 10.3. The molecule has 0 spiro atoms. The summed E-state index contributed by atoms with van der Waals surface area (Å²) in [5, 5.41) is 10.7. The smallest absolute Gasteiger partial charge is 0.303 e. The number of carbonyl (C=O) groups is 2. The lowest BCUT2D eigenvalue weighted by molar-refractivity contribution is -0.136. The number of halogens is 1. The number of carbonyl (C=O) groups excluding carboxylic acids is 1. The average molecular weight is 263 g/mol. The van der Waals surface area contributed by atoms with Crippen molar-refractivity contribution in [3.8, 4) is 0 Å². The molecule has 0 unspecified atom stereocenters. The van der Waals surface area contributed by atoms with Crippen LogP contribution in [0.15, 0.2) is 36.4 Å². The van der Waals surface area contributed by atoms with E-state index in [9.17, 15) is 9.59 Å². The molecule has 0 aromatic heterocycles. The van der Waals surface area contributed by atoms with Gasteiger partial charge in [0.2, 0.25) is 0 Å². The third kappa shape index (κ3) is 2.51. The summed E-state index contributed by atoms with van der Waals surface area (Å²) in [6, 6.07) is 10.6. The molecule has 2 rings (SSSR count). The normalized spacial score (nSPS) is 10.5. The summed E-state index contributed by atoms with van der Waals surface area (Å²) in [5.41, 5.74) is 0.524. The number of Topliss-reactive ketones (excluding diaryl/α,β-unsaturated/α-hetero) is 1. The minimum absolute atomic E-state index is 0.000952. The standard InChI is InChI=1S/C14H11ClO3/c15-12-6-5-11(13(16)7-8-14(17)18)9-3-1-2-4-10(9)12/h1-6H,7-8H2,(H,17,18). The van der Waals surface area contributed by atoms with E-state index >= 15 is 0 Å². The second kappa shape index (κ2) is 5.19. The topological polar surface area (TPSA) is 54.4 Å². The van der Waals surface area contributed by atoms with Crippen molar-refractivity contribution in [1.29, 1.82) is 0 Å². The van der Waals surface area contributed by atoms with Crippen LogP contribution in [0.5, 0.6) is 0 Å². The molecule has 2 aromatic carbocycles. The minimum atomic E-state index is -0.971. The van der Waals surface area contributed by atoms with Crippen LogP contribution in [0.25, 0.3) is 10.8 Å². The van der Waals surface area contributed by atoms with Gasteiger partial charge in [-0.2, -0.15) is 0 Å². The van der Waals surface area contributed by atoms with Gasteiger partial charge in [-0.1, -0.05) is 35.9 Å². The highest BCUT2D eigenvalue weighted by atomic mass is 35.5. The zero-order chi connectivity index (χ0) is 13.1. The number of ketones is 1. The first-order valence-corrected chi connectivity index (χ1v) is 5.89. The van der Waals surface area contributed by atoms with Gasteiger partial charge in [-0.3, -0.25) is 9.59 Å². The summed E-state index contributed by atoms with van der Waals surface area (Å²) >= 11 is 6.06. The SMILES string of the molecule is O=C(O)CCC(=O)c1ccc(Cl)c2ccccc12. The largest absolute Gasteiger partial charge is 0.481 e. The number of carboxylic acid groups (broad SMARTS) is 1. The highest BCUT2D eigenvalue weighted by Gasteiger charge is 2.12. The van der Waals surface area contributed by atoms with Crippen LogP contribution < -0.4 is 0 Å². The molecule has 0 amide bonds.